The Balaban J connectivity index is 2.26. The molecule has 1 aromatic heterocycles. The third-order valence-electron chi connectivity index (χ3n) is 2.56. The van der Waals surface area contributed by atoms with Gasteiger partial charge in [-0.15, -0.1) is 0 Å². The van der Waals surface area contributed by atoms with Crippen molar-refractivity contribution in [3.8, 4) is 0 Å². The van der Waals surface area contributed by atoms with Crippen molar-refractivity contribution in [1.29, 1.82) is 0 Å². The summed E-state index contributed by atoms with van der Waals surface area (Å²) in [6.45, 7) is 6.71. The molecule has 16 heavy (non-hydrogen) atoms. The van der Waals surface area contributed by atoms with Gasteiger partial charge in [-0.05, 0) is 25.5 Å². The maximum absolute atomic E-state index is 5.30. The monoisotopic (exact) mass is 222 g/mol. The summed E-state index contributed by atoms with van der Waals surface area (Å²) >= 11 is 0. The zero-order valence-electron chi connectivity index (χ0n) is 10.3. The normalized spacial score (nSPS) is 12.6. The van der Waals surface area contributed by atoms with Crippen LogP contribution in [0.2, 0.25) is 0 Å². The molecule has 1 unspecified atom stereocenters. The first kappa shape index (κ1) is 13.1. The Morgan fingerprint density at radius 3 is 2.88 bits per heavy atom. The molecule has 1 rings (SSSR count). The van der Waals surface area contributed by atoms with E-state index in [0.29, 0.717) is 6.04 Å². The third-order valence-corrected chi connectivity index (χ3v) is 2.56. The van der Waals surface area contributed by atoms with E-state index < -0.39 is 0 Å². The third kappa shape index (κ3) is 5.24. The van der Waals surface area contributed by atoms with Crippen LogP contribution in [0.25, 0.3) is 0 Å². The van der Waals surface area contributed by atoms with Crippen molar-refractivity contribution in [2.75, 3.05) is 19.8 Å². The Morgan fingerprint density at radius 2 is 2.25 bits per heavy atom. The fraction of sp³-hybridized carbons (Fsp3) is 0.615. The Bertz CT molecular complexity index is 264. The summed E-state index contributed by atoms with van der Waals surface area (Å²) in [5, 5.41) is 3.49. The maximum Gasteiger partial charge on any atom is 0.0590 e. The van der Waals surface area contributed by atoms with Crippen LogP contribution >= 0.6 is 0 Å². The molecule has 0 aliphatic carbocycles. The molecule has 0 saturated carbocycles. The van der Waals surface area contributed by atoms with Crippen LogP contribution in [0.1, 0.15) is 26.0 Å². The summed E-state index contributed by atoms with van der Waals surface area (Å²) in [5.74, 6) is 0. The van der Waals surface area contributed by atoms with Gasteiger partial charge in [0.15, 0.2) is 0 Å². The van der Waals surface area contributed by atoms with Crippen molar-refractivity contribution >= 4 is 0 Å². The summed E-state index contributed by atoms with van der Waals surface area (Å²) in [5.41, 5.74) is 1.15. The van der Waals surface area contributed by atoms with Gasteiger partial charge in [0.1, 0.15) is 0 Å². The van der Waals surface area contributed by atoms with Crippen molar-refractivity contribution in [2.45, 2.75) is 32.7 Å². The van der Waals surface area contributed by atoms with Gasteiger partial charge < -0.3 is 10.1 Å². The molecule has 0 bridgehead atoms. The highest BCUT2D eigenvalue weighted by atomic mass is 16.5. The van der Waals surface area contributed by atoms with Crippen molar-refractivity contribution in [3.63, 3.8) is 0 Å². The molecule has 0 aromatic carbocycles. The summed E-state index contributed by atoms with van der Waals surface area (Å²) in [7, 11) is 0. The van der Waals surface area contributed by atoms with Gasteiger partial charge in [-0.2, -0.15) is 0 Å². The van der Waals surface area contributed by atoms with Crippen LogP contribution in [-0.2, 0) is 11.2 Å². The van der Waals surface area contributed by atoms with Crippen molar-refractivity contribution < 1.29 is 4.74 Å². The molecule has 0 saturated heterocycles. The van der Waals surface area contributed by atoms with E-state index in [1.54, 1.807) is 0 Å². The van der Waals surface area contributed by atoms with Crippen LogP contribution in [0.3, 0.4) is 0 Å². The molecule has 1 atom stereocenters. The van der Waals surface area contributed by atoms with Gasteiger partial charge in [-0.25, -0.2) is 0 Å². The average Bonchev–Trinajstić information content (AvgIpc) is 2.34. The SMILES string of the molecule is CCOCCNC(CC)Cc1ccccn1. The lowest BCUT2D eigenvalue weighted by atomic mass is 10.1. The number of rotatable bonds is 8. The molecule has 1 N–H and O–H groups in total. The fourth-order valence-electron chi connectivity index (χ4n) is 1.61. The van der Waals surface area contributed by atoms with E-state index in [1.165, 1.54) is 0 Å². The second kappa shape index (κ2) is 8.25. The number of pyridine rings is 1. The van der Waals surface area contributed by atoms with Gasteiger partial charge in [-0.3, -0.25) is 4.98 Å². The van der Waals surface area contributed by atoms with Gasteiger partial charge in [0, 0.05) is 37.5 Å². The van der Waals surface area contributed by atoms with Crippen molar-refractivity contribution in [2.24, 2.45) is 0 Å². The molecule has 0 aliphatic rings. The van der Waals surface area contributed by atoms with Gasteiger partial charge in [0.2, 0.25) is 0 Å². The number of nitrogens with zero attached hydrogens (tertiary/aromatic N) is 1. The number of ether oxygens (including phenoxy) is 1. The van der Waals surface area contributed by atoms with E-state index in [9.17, 15) is 0 Å². The minimum absolute atomic E-state index is 0.496. The number of hydrogen-bond acceptors (Lipinski definition) is 3. The predicted octanol–water partition coefficient (Wildman–Crippen LogP) is 2.03. The first-order valence-electron chi connectivity index (χ1n) is 6.07. The highest BCUT2D eigenvalue weighted by molar-refractivity contribution is 5.05. The minimum Gasteiger partial charge on any atom is -0.380 e. The van der Waals surface area contributed by atoms with E-state index in [1.807, 2.05) is 25.3 Å². The second-order valence-electron chi connectivity index (χ2n) is 3.78. The van der Waals surface area contributed by atoms with Crippen LogP contribution in [0.4, 0.5) is 0 Å². The molecule has 0 spiro atoms. The van der Waals surface area contributed by atoms with Crippen LogP contribution in [0, 0.1) is 0 Å². The molecule has 1 heterocycles. The fourth-order valence-corrected chi connectivity index (χ4v) is 1.61. The van der Waals surface area contributed by atoms with Crippen LogP contribution < -0.4 is 5.32 Å². The van der Waals surface area contributed by atoms with E-state index in [-0.39, 0.29) is 0 Å². The maximum atomic E-state index is 5.30. The number of hydrogen-bond donors (Lipinski definition) is 1. The first-order valence-corrected chi connectivity index (χ1v) is 6.07. The first-order chi connectivity index (χ1) is 7.86. The largest absolute Gasteiger partial charge is 0.380 e. The highest BCUT2D eigenvalue weighted by Crippen LogP contribution is 2.02. The Kier molecular flexibility index (Phi) is 6.77. The van der Waals surface area contributed by atoms with E-state index in [0.717, 1.165) is 38.3 Å². The van der Waals surface area contributed by atoms with Crippen molar-refractivity contribution in [1.82, 2.24) is 10.3 Å². The minimum atomic E-state index is 0.496. The molecule has 0 aliphatic heterocycles. The van der Waals surface area contributed by atoms with Gasteiger partial charge in [-0.1, -0.05) is 13.0 Å². The quantitative estimate of drug-likeness (QED) is 0.683. The van der Waals surface area contributed by atoms with Crippen LogP contribution in [0.15, 0.2) is 24.4 Å². The smallest absolute Gasteiger partial charge is 0.0590 e. The van der Waals surface area contributed by atoms with Gasteiger partial charge in [0.25, 0.3) is 0 Å². The predicted molar refractivity (Wildman–Crippen MR) is 66.5 cm³/mol. The van der Waals surface area contributed by atoms with Crippen LogP contribution in [0.5, 0.6) is 0 Å². The topological polar surface area (TPSA) is 34.1 Å². The van der Waals surface area contributed by atoms with Crippen molar-refractivity contribution in [3.05, 3.63) is 30.1 Å². The van der Waals surface area contributed by atoms with E-state index >= 15 is 0 Å². The molecule has 90 valence electrons. The molecule has 0 amide bonds. The zero-order valence-corrected chi connectivity index (χ0v) is 10.3. The van der Waals surface area contributed by atoms with E-state index in [2.05, 4.69) is 23.3 Å². The van der Waals surface area contributed by atoms with Gasteiger partial charge >= 0.3 is 0 Å². The molecular formula is C13H22N2O. The molecular weight excluding hydrogens is 200 g/mol. The standard InChI is InChI=1S/C13H22N2O/c1-3-12(15-9-10-16-4-2)11-13-7-5-6-8-14-13/h5-8,12,15H,3-4,9-11H2,1-2H3. The molecule has 3 heteroatoms. The number of aromatic nitrogens is 1. The Morgan fingerprint density at radius 1 is 1.38 bits per heavy atom. The molecule has 0 radical (unpaired) electrons. The summed E-state index contributed by atoms with van der Waals surface area (Å²) in [6, 6.07) is 6.56. The average molecular weight is 222 g/mol. The lowest BCUT2D eigenvalue weighted by Crippen LogP contribution is -2.33. The molecule has 1 aromatic rings. The summed E-state index contributed by atoms with van der Waals surface area (Å²) in [6.07, 6.45) is 3.95. The highest BCUT2D eigenvalue weighted by Gasteiger charge is 2.06. The Labute approximate surface area is 98.2 Å². The summed E-state index contributed by atoms with van der Waals surface area (Å²) in [4.78, 5) is 4.34. The van der Waals surface area contributed by atoms with Crippen LogP contribution in [-0.4, -0.2) is 30.8 Å². The van der Waals surface area contributed by atoms with E-state index in [4.69, 9.17) is 4.74 Å². The second-order valence-corrected chi connectivity index (χ2v) is 3.78. The zero-order chi connectivity index (χ0) is 11.6. The lowest BCUT2D eigenvalue weighted by molar-refractivity contribution is 0.146. The number of nitrogens with one attached hydrogen (secondary N) is 1. The van der Waals surface area contributed by atoms with Gasteiger partial charge in [0.05, 0.1) is 6.61 Å². The Hall–Kier alpha value is -0.930. The molecule has 3 nitrogen and oxygen atoms in total. The summed E-state index contributed by atoms with van der Waals surface area (Å²) < 4.78 is 5.30. The molecule has 0 fully saturated rings. The lowest BCUT2D eigenvalue weighted by Gasteiger charge is -2.16.